The van der Waals surface area contributed by atoms with E-state index >= 15 is 0 Å². The lowest BCUT2D eigenvalue weighted by Gasteiger charge is -2.23. The van der Waals surface area contributed by atoms with E-state index in [1.54, 1.807) is 5.56 Å². The van der Waals surface area contributed by atoms with Gasteiger partial charge in [0.1, 0.15) is 0 Å². The normalized spacial score (nSPS) is 19.1. The first-order chi connectivity index (χ1) is 8.90. The number of hydrogen-bond donors (Lipinski definition) is 2. The van der Waals surface area contributed by atoms with E-state index < -0.39 is 0 Å². The molecule has 0 saturated heterocycles. The van der Waals surface area contributed by atoms with Crippen molar-refractivity contribution >= 4 is 22.9 Å². The number of aryl methyl sites for hydroxylation is 1. The van der Waals surface area contributed by atoms with Gasteiger partial charge in [-0.2, -0.15) is 0 Å². The van der Waals surface area contributed by atoms with Gasteiger partial charge in [0, 0.05) is 28.9 Å². The minimum absolute atomic E-state index is 0.670. The second kappa shape index (κ2) is 5.37. The predicted molar refractivity (Wildman–Crippen MR) is 80.1 cm³/mol. The van der Waals surface area contributed by atoms with Crippen molar-refractivity contribution in [1.82, 2.24) is 9.71 Å². The van der Waals surface area contributed by atoms with Gasteiger partial charge in [-0.3, -0.25) is 4.72 Å². The van der Waals surface area contributed by atoms with E-state index in [-0.39, 0.29) is 0 Å². The lowest BCUT2D eigenvalue weighted by Crippen LogP contribution is -2.19. The number of para-hydroxylation sites is 1. The number of aromatic amines is 1. The molecule has 1 aliphatic rings. The Morgan fingerprint density at radius 2 is 2.28 bits per heavy atom. The van der Waals surface area contributed by atoms with Gasteiger partial charge in [-0.1, -0.05) is 37.1 Å². The van der Waals surface area contributed by atoms with Crippen molar-refractivity contribution in [1.29, 1.82) is 0 Å². The fraction of sp³-hybridized carbons (Fsp3) is 0.467. The van der Waals surface area contributed by atoms with Crippen LogP contribution in [0.25, 0.3) is 10.9 Å². The quantitative estimate of drug-likeness (QED) is 0.645. The fourth-order valence-electron chi connectivity index (χ4n) is 3.02. The molecule has 0 radical (unpaired) electrons. The molecule has 0 spiro atoms. The van der Waals surface area contributed by atoms with Crippen molar-refractivity contribution in [3.05, 3.63) is 35.5 Å². The average molecular weight is 260 g/mol. The van der Waals surface area contributed by atoms with Crippen LogP contribution in [-0.2, 0) is 6.42 Å². The van der Waals surface area contributed by atoms with Crippen molar-refractivity contribution in [3.63, 3.8) is 0 Å². The van der Waals surface area contributed by atoms with Crippen molar-refractivity contribution in [2.75, 3.05) is 12.3 Å². The Hall–Kier alpha value is -0.930. The minimum atomic E-state index is 0.670. The summed E-state index contributed by atoms with van der Waals surface area (Å²) >= 11 is 1.82. The second-order valence-corrected chi connectivity index (χ2v) is 6.09. The van der Waals surface area contributed by atoms with Gasteiger partial charge in [-0.15, -0.1) is 0 Å². The Morgan fingerprint density at radius 1 is 1.39 bits per heavy atom. The van der Waals surface area contributed by atoms with Crippen LogP contribution in [0.4, 0.5) is 0 Å². The molecule has 18 heavy (non-hydrogen) atoms. The van der Waals surface area contributed by atoms with Crippen LogP contribution in [0.5, 0.6) is 0 Å². The molecule has 1 atom stereocenters. The van der Waals surface area contributed by atoms with Gasteiger partial charge in [0.2, 0.25) is 0 Å². The molecule has 1 aromatic heterocycles. The Bertz CT molecular complexity index is 532. The van der Waals surface area contributed by atoms with Crippen LogP contribution in [0, 0.1) is 0 Å². The molecule has 0 bridgehead atoms. The first-order valence-electron chi connectivity index (χ1n) is 6.84. The summed E-state index contributed by atoms with van der Waals surface area (Å²) in [5.74, 6) is 1.80. The Labute approximate surface area is 113 Å². The number of fused-ring (bicyclic) bond motifs is 3. The molecule has 1 aliphatic carbocycles. The molecule has 1 heterocycles. The highest BCUT2D eigenvalue weighted by molar-refractivity contribution is 7.97. The highest BCUT2D eigenvalue weighted by atomic mass is 32.2. The van der Waals surface area contributed by atoms with Gasteiger partial charge < -0.3 is 4.98 Å². The van der Waals surface area contributed by atoms with Gasteiger partial charge in [-0.25, -0.2) is 0 Å². The molecule has 0 aliphatic heterocycles. The number of benzene rings is 1. The standard InChI is InChI=1S/C15H20N2S/c1-2-18-16-10-11-6-5-9-14-15(11)12-7-3-4-8-13(12)17-14/h3-4,7-8,11,16-17H,2,5-6,9-10H2,1H3. The number of rotatable bonds is 4. The summed E-state index contributed by atoms with van der Waals surface area (Å²) in [5, 5.41) is 1.43. The number of hydrogen-bond acceptors (Lipinski definition) is 2. The summed E-state index contributed by atoms with van der Waals surface area (Å²) in [5.41, 5.74) is 4.34. The highest BCUT2D eigenvalue weighted by Gasteiger charge is 2.23. The third kappa shape index (κ3) is 2.17. The molecule has 3 heteroatoms. The Morgan fingerprint density at radius 3 is 3.17 bits per heavy atom. The first-order valence-corrected chi connectivity index (χ1v) is 7.83. The third-order valence-electron chi connectivity index (χ3n) is 3.79. The summed E-state index contributed by atoms with van der Waals surface area (Å²) in [4.78, 5) is 3.60. The zero-order valence-electron chi connectivity index (χ0n) is 10.8. The highest BCUT2D eigenvalue weighted by Crippen LogP contribution is 2.36. The number of nitrogens with one attached hydrogen (secondary N) is 2. The zero-order chi connectivity index (χ0) is 12.4. The summed E-state index contributed by atoms with van der Waals surface area (Å²) in [6.07, 6.45) is 3.83. The monoisotopic (exact) mass is 260 g/mol. The SMILES string of the molecule is CCSNCC1CCCc2[nH]c3ccccc3c21. The summed E-state index contributed by atoms with van der Waals surface area (Å²) < 4.78 is 3.50. The lowest BCUT2D eigenvalue weighted by molar-refractivity contribution is 0.550. The van der Waals surface area contributed by atoms with Gasteiger partial charge in [0.05, 0.1) is 0 Å². The molecule has 0 fully saturated rings. The molecule has 2 nitrogen and oxygen atoms in total. The minimum Gasteiger partial charge on any atom is -0.358 e. The molecular weight excluding hydrogens is 240 g/mol. The van der Waals surface area contributed by atoms with Crippen molar-refractivity contribution in [3.8, 4) is 0 Å². The summed E-state index contributed by atoms with van der Waals surface area (Å²) in [7, 11) is 0. The van der Waals surface area contributed by atoms with E-state index in [2.05, 4.69) is 40.9 Å². The van der Waals surface area contributed by atoms with Crippen LogP contribution in [0.15, 0.2) is 24.3 Å². The first kappa shape index (κ1) is 12.1. The van der Waals surface area contributed by atoms with Gasteiger partial charge in [-0.05, 0) is 36.8 Å². The van der Waals surface area contributed by atoms with Crippen LogP contribution in [0.3, 0.4) is 0 Å². The molecule has 1 aromatic carbocycles. The van der Waals surface area contributed by atoms with E-state index in [1.165, 1.54) is 35.9 Å². The van der Waals surface area contributed by atoms with E-state index in [4.69, 9.17) is 0 Å². The predicted octanol–water partition coefficient (Wildman–Crippen LogP) is 3.85. The summed E-state index contributed by atoms with van der Waals surface area (Å²) in [6, 6.07) is 8.72. The fourth-order valence-corrected chi connectivity index (χ4v) is 3.54. The molecule has 2 aromatic rings. The largest absolute Gasteiger partial charge is 0.358 e. The molecular formula is C15H20N2S. The number of aromatic nitrogens is 1. The van der Waals surface area contributed by atoms with Crippen LogP contribution >= 0.6 is 11.9 Å². The van der Waals surface area contributed by atoms with Crippen LogP contribution in [0.1, 0.15) is 36.9 Å². The third-order valence-corrected chi connectivity index (χ3v) is 4.45. The van der Waals surface area contributed by atoms with E-state index in [1.807, 2.05) is 11.9 Å². The molecule has 2 N–H and O–H groups in total. The summed E-state index contributed by atoms with van der Waals surface area (Å²) in [6.45, 7) is 3.28. The molecule has 0 saturated carbocycles. The lowest BCUT2D eigenvalue weighted by atomic mass is 9.85. The van der Waals surface area contributed by atoms with E-state index in [0.717, 1.165) is 12.3 Å². The van der Waals surface area contributed by atoms with Crippen molar-refractivity contribution in [2.45, 2.75) is 32.1 Å². The van der Waals surface area contributed by atoms with Crippen LogP contribution in [-0.4, -0.2) is 17.3 Å². The van der Waals surface area contributed by atoms with E-state index in [0.29, 0.717) is 5.92 Å². The maximum atomic E-state index is 3.60. The smallest absolute Gasteiger partial charge is 0.0459 e. The maximum Gasteiger partial charge on any atom is 0.0459 e. The van der Waals surface area contributed by atoms with Crippen molar-refractivity contribution < 1.29 is 0 Å². The second-order valence-electron chi connectivity index (χ2n) is 4.93. The zero-order valence-corrected chi connectivity index (χ0v) is 11.6. The molecule has 96 valence electrons. The van der Waals surface area contributed by atoms with Crippen LogP contribution in [0.2, 0.25) is 0 Å². The topological polar surface area (TPSA) is 27.8 Å². The average Bonchev–Trinajstić information content (AvgIpc) is 2.78. The van der Waals surface area contributed by atoms with Gasteiger partial charge >= 0.3 is 0 Å². The van der Waals surface area contributed by atoms with Crippen molar-refractivity contribution in [2.24, 2.45) is 0 Å². The molecule has 1 unspecified atom stereocenters. The van der Waals surface area contributed by atoms with E-state index in [9.17, 15) is 0 Å². The van der Waals surface area contributed by atoms with Gasteiger partial charge in [0.25, 0.3) is 0 Å². The Kier molecular flexibility index (Phi) is 3.62. The van der Waals surface area contributed by atoms with Gasteiger partial charge in [0.15, 0.2) is 0 Å². The molecule has 0 amide bonds. The Balaban J connectivity index is 1.93. The number of H-pyrrole nitrogens is 1. The van der Waals surface area contributed by atoms with Crippen LogP contribution < -0.4 is 4.72 Å². The molecule has 3 rings (SSSR count). The maximum absolute atomic E-state index is 3.60.